The van der Waals surface area contributed by atoms with E-state index in [-0.39, 0.29) is 11.6 Å². The molecule has 2 aromatic rings. The third-order valence-electron chi connectivity index (χ3n) is 3.85. The molecule has 4 heterocycles. The van der Waals surface area contributed by atoms with Crippen molar-refractivity contribution in [2.24, 2.45) is 0 Å². The van der Waals surface area contributed by atoms with Crippen LogP contribution in [0.4, 0.5) is 10.6 Å². The Morgan fingerprint density at radius 3 is 2.90 bits per heavy atom. The standard InChI is InChI=1S/C13H14N6O/c1-8-2-3-9-10(17-8)11(16-7-15-9)19-5-13(6-19)4-14-12(20)18-13/h2-3,7H,4-6H2,1H3,(H2,14,18,20). The van der Waals surface area contributed by atoms with Crippen LogP contribution in [0.2, 0.25) is 0 Å². The minimum atomic E-state index is -0.155. The van der Waals surface area contributed by atoms with Crippen molar-refractivity contribution < 1.29 is 4.79 Å². The van der Waals surface area contributed by atoms with Gasteiger partial charge in [0, 0.05) is 25.3 Å². The number of nitrogens with zero attached hydrogens (tertiary/aromatic N) is 4. The van der Waals surface area contributed by atoms with Crippen molar-refractivity contribution in [2.45, 2.75) is 12.5 Å². The Labute approximate surface area is 115 Å². The number of aromatic nitrogens is 3. The fraction of sp³-hybridized carbons (Fsp3) is 0.385. The van der Waals surface area contributed by atoms with E-state index >= 15 is 0 Å². The molecule has 2 aliphatic rings. The third-order valence-corrected chi connectivity index (χ3v) is 3.85. The van der Waals surface area contributed by atoms with Gasteiger partial charge >= 0.3 is 6.03 Å². The summed E-state index contributed by atoms with van der Waals surface area (Å²) in [7, 11) is 0. The smallest absolute Gasteiger partial charge is 0.315 e. The van der Waals surface area contributed by atoms with Gasteiger partial charge in [0.2, 0.25) is 0 Å². The van der Waals surface area contributed by atoms with Crippen LogP contribution in [0.15, 0.2) is 18.5 Å². The second-order valence-corrected chi connectivity index (χ2v) is 5.46. The first-order valence-corrected chi connectivity index (χ1v) is 6.55. The summed E-state index contributed by atoms with van der Waals surface area (Å²) in [4.78, 5) is 26.5. The fourth-order valence-electron chi connectivity index (χ4n) is 2.86. The molecule has 2 N–H and O–H groups in total. The number of hydrogen-bond acceptors (Lipinski definition) is 5. The number of anilines is 1. The molecule has 4 rings (SSSR count). The number of pyridine rings is 1. The zero-order valence-electron chi connectivity index (χ0n) is 11.1. The number of nitrogens with one attached hydrogen (secondary N) is 2. The van der Waals surface area contributed by atoms with Gasteiger partial charge in [0.15, 0.2) is 5.82 Å². The Hall–Kier alpha value is -2.44. The maximum atomic E-state index is 11.3. The molecule has 0 saturated carbocycles. The van der Waals surface area contributed by atoms with Crippen molar-refractivity contribution in [1.29, 1.82) is 0 Å². The topological polar surface area (TPSA) is 83.0 Å². The fourth-order valence-corrected chi connectivity index (χ4v) is 2.86. The van der Waals surface area contributed by atoms with E-state index in [0.717, 1.165) is 35.6 Å². The van der Waals surface area contributed by atoms with Crippen molar-refractivity contribution in [2.75, 3.05) is 24.5 Å². The van der Waals surface area contributed by atoms with Crippen LogP contribution in [0.25, 0.3) is 11.0 Å². The molecule has 0 aliphatic carbocycles. The first kappa shape index (κ1) is 11.4. The van der Waals surface area contributed by atoms with Crippen molar-refractivity contribution in [3.8, 4) is 0 Å². The summed E-state index contributed by atoms with van der Waals surface area (Å²) >= 11 is 0. The van der Waals surface area contributed by atoms with Gasteiger partial charge in [-0.15, -0.1) is 0 Å². The van der Waals surface area contributed by atoms with Gasteiger partial charge in [0.05, 0.1) is 11.1 Å². The Balaban J connectivity index is 1.67. The van der Waals surface area contributed by atoms with E-state index in [1.807, 2.05) is 19.1 Å². The lowest BCUT2D eigenvalue weighted by molar-refractivity contribution is 0.240. The highest BCUT2D eigenvalue weighted by Crippen LogP contribution is 2.31. The van der Waals surface area contributed by atoms with Gasteiger partial charge in [0.1, 0.15) is 11.8 Å². The second-order valence-electron chi connectivity index (χ2n) is 5.46. The molecule has 2 aliphatic heterocycles. The lowest BCUT2D eigenvalue weighted by Crippen LogP contribution is -2.69. The normalized spacial score (nSPS) is 19.9. The van der Waals surface area contributed by atoms with Crippen LogP contribution in [-0.2, 0) is 0 Å². The quantitative estimate of drug-likeness (QED) is 0.773. The minimum Gasteiger partial charge on any atom is -0.350 e. The summed E-state index contributed by atoms with van der Waals surface area (Å²) in [6, 6.07) is 3.81. The van der Waals surface area contributed by atoms with Crippen LogP contribution in [0.1, 0.15) is 5.69 Å². The number of carbonyl (C=O) groups is 1. The molecule has 20 heavy (non-hydrogen) atoms. The Morgan fingerprint density at radius 1 is 1.30 bits per heavy atom. The molecule has 0 radical (unpaired) electrons. The van der Waals surface area contributed by atoms with Crippen molar-refractivity contribution in [3.63, 3.8) is 0 Å². The molecule has 2 aromatic heterocycles. The monoisotopic (exact) mass is 270 g/mol. The molecule has 0 aromatic carbocycles. The number of aryl methyl sites for hydroxylation is 1. The molecule has 1 spiro atoms. The zero-order chi connectivity index (χ0) is 13.7. The lowest BCUT2D eigenvalue weighted by Gasteiger charge is -2.47. The summed E-state index contributed by atoms with van der Waals surface area (Å²) < 4.78 is 0. The van der Waals surface area contributed by atoms with Gasteiger partial charge in [-0.2, -0.15) is 0 Å². The van der Waals surface area contributed by atoms with Crippen LogP contribution < -0.4 is 15.5 Å². The number of amides is 2. The average molecular weight is 270 g/mol. The highest BCUT2D eigenvalue weighted by molar-refractivity contribution is 5.86. The molecule has 2 saturated heterocycles. The number of hydrogen-bond donors (Lipinski definition) is 2. The molecular weight excluding hydrogens is 256 g/mol. The first-order chi connectivity index (χ1) is 9.65. The molecule has 7 nitrogen and oxygen atoms in total. The van der Waals surface area contributed by atoms with Gasteiger partial charge < -0.3 is 15.5 Å². The van der Waals surface area contributed by atoms with Crippen molar-refractivity contribution in [3.05, 3.63) is 24.2 Å². The number of carbonyl (C=O) groups excluding carboxylic acids is 1. The summed E-state index contributed by atoms with van der Waals surface area (Å²) in [5.74, 6) is 0.838. The maximum Gasteiger partial charge on any atom is 0.315 e. The second kappa shape index (κ2) is 3.78. The average Bonchev–Trinajstić information content (AvgIpc) is 2.79. The van der Waals surface area contributed by atoms with E-state index in [4.69, 9.17) is 0 Å². The van der Waals surface area contributed by atoms with Gasteiger partial charge in [-0.25, -0.2) is 19.7 Å². The summed E-state index contributed by atoms with van der Waals surface area (Å²) in [5.41, 5.74) is 2.45. The molecular formula is C13H14N6O. The van der Waals surface area contributed by atoms with E-state index in [1.165, 1.54) is 0 Å². The Kier molecular flexibility index (Phi) is 2.15. The number of rotatable bonds is 1. The highest BCUT2D eigenvalue weighted by atomic mass is 16.2. The minimum absolute atomic E-state index is 0.0915. The van der Waals surface area contributed by atoms with Crippen molar-refractivity contribution >= 4 is 22.9 Å². The Morgan fingerprint density at radius 2 is 2.15 bits per heavy atom. The van der Waals surface area contributed by atoms with Gasteiger partial charge in [0.25, 0.3) is 0 Å². The van der Waals surface area contributed by atoms with E-state index < -0.39 is 0 Å². The molecule has 2 amide bonds. The van der Waals surface area contributed by atoms with E-state index in [0.29, 0.717) is 6.54 Å². The first-order valence-electron chi connectivity index (χ1n) is 6.55. The summed E-state index contributed by atoms with van der Waals surface area (Å²) in [6.45, 7) is 4.10. The predicted octanol–water partition coefficient (Wildman–Crippen LogP) is 0.205. The molecule has 0 atom stereocenters. The third kappa shape index (κ3) is 1.59. The maximum absolute atomic E-state index is 11.3. The van der Waals surface area contributed by atoms with Gasteiger partial charge in [-0.3, -0.25) is 0 Å². The molecule has 0 bridgehead atoms. The summed E-state index contributed by atoms with van der Waals surface area (Å²) in [5, 5.41) is 5.78. The Bertz CT molecular complexity index is 709. The van der Waals surface area contributed by atoms with Crippen LogP contribution >= 0.6 is 0 Å². The van der Waals surface area contributed by atoms with E-state index in [9.17, 15) is 4.79 Å². The van der Waals surface area contributed by atoms with Gasteiger partial charge in [-0.05, 0) is 19.1 Å². The zero-order valence-corrected chi connectivity index (χ0v) is 11.1. The molecule has 102 valence electrons. The SMILES string of the molecule is Cc1ccc2ncnc(N3CC4(CNC(=O)N4)C3)c2n1. The lowest BCUT2D eigenvalue weighted by atomic mass is 9.91. The highest BCUT2D eigenvalue weighted by Gasteiger charge is 2.48. The van der Waals surface area contributed by atoms with Gasteiger partial charge in [-0.1, -0.05) is 0 Å². The largest absolute Gasteiger partial charge is 0.350 e. The van der Waals surface area contributed by atoms with Crippen molar-refractivity contribution in [1.82, 2.24) is 25.6 Å². The summed E-state index contributed by atoms with van der Waals surface area (Å²) in [6.07, 6.45) is 1.56. The van der Waals surface area contributed by atoms with Crippen LogP contribution in [-0.4, -0.2) is 46.2 Å². The number of urea groups is 1. The molecule has 0 unspecified atom stereocenters. The van der Waals surface area contributed by atoms with Crippen LogP contribution in [0.5, 0.6) is 0 Å². The van der Waals surface area contributed by atoms with Crippen LogP contribution in [0, 0.1) is 6.92 Å². The van der Waals surface area contributed by atoms with E-state index in [2.05, 4.69) is 30.5 Å². The number of fused-ring (bicyclic) bond motifs is 1. The molecule has 7 heteroatoms. The predicted molar refractivity (Wildman–Crippen MR) is 73.5 cm³/mol. The van der Waals surface area contributed by atoms with Crippen LogP contribution in [0.3, 0.4) is 0 Å². The molecule has 2 fully saturated rings. The van der Waals surface area contributed by atoms with E-state index in [1.54, 1.807) is 6.33 Å².